The number of aryl methyl sites for hydroxylation is 2. The van der Waals surface area contributed by atoms with Crippen LogP contribution in [0.5, 0.6) is 0 Å². The van der Waals surface area contributed by atoms with Crippen molar-refractivity contribution < 1.29 is 4.79 Å². The van der Waals surface area contributed by atoms with E-state index in [1.807, 2.05) is 36.4 Å². The van der Waals surface area contributed by atoms with Gasteiger partial charge in [-0.2, -0.15) is 5.10 Å². The number of benzene rings is 2. The van der Waals surface area contributed by atoms with Gasteiger partial charge in [-0.1, -0.05) is 60.7 Å². The Balaban J connectivity index is 1.47. The maximum atomic E-state index is 12.9. The lowest BCUT2D eigenvalue weighted by atomic mass is 9.87. The Morgan fingerprint density at radius 1 is 1.10 bits per heavy atom. The molecule has 5 nitrogen and oxygen atoms in total. The van der Waals surface area contributed by atoms with Crippen LogP contribution in [0.15, 0.2) is 71.5 Å². The highest BCUT2D eigenvalue weighted by atomic mass is 16.1. The Bertz CT molecular complexity index is 1010. The van der Waals surface area contributed by atoms with Crippen molar-refractivity contribution in [1.29, 1.82) is 0 Å². The van der Waals surface area contributed by atoms with E-state index in [9.17, 15) is 9.59 Å². The van der Waals surface area contributed by atoms with Gasteiger partial charge in [0.05, 0.1) is 5.69 Å². The number of hydrogen-bond acceptors (Lipinski definition) is 3. The lowest BCUT2D eigenvalue weighted by Gasteiger charge is -2.26. The molecule has 0 bridgehead atoms. The van der Waals surface area contributed by atoms with Crippen LogP contribution < -0.4 is 10.9 Å². The van der Waals surface area contributed by atoms with Crippen molar-refractivity contribution in [2.75, 3.05) is 0 Å². The molecule has 29 heavy (non-hydrogen) atoms. The molecule has 1 heterocycles. The second-order valence-corrected chi connectivity index (χ2v) is 7.66. The highest BCUT2D eigenvalue weighted by Gasteiger charge is 2.24. The number of rotatable bonds is 5. The maximum absolute atomic E-state index is 12.9. The number of hydrogen-bond donors (Lipinski definition) is 1. The van der Waals surface area contributed by atoms with Gasteiger partial charge in [0.25, 0.3) is 5.56 Å². The summed E-state index contributed by atoms with van der Waals surface area (Å²) in [5.74, 6) is 0.0511. The van der Waals surface area contributed by atoms with Gasteiger partial charge in [-0.25, -0.2) is 4.68 Å². The molecule has 1 aliphatic rings. The van der Waals surface area contributed by atoms with Crippen molar-refractivity contribution in [1.82, 2.24) is 15.1 Å². The lowest BCUT2D eigenvalue weighted by molar-refractivity contribution is -0.122. The van der Waals surface area contributed by atoms with E-state index >= 15 is 0 Å². The third kappa shape index (κ3) is 4.45. The molecule has 0 fully saturated rings. The first kappa shape index (κ1) is 19.1. The van der Waals surface area contributed by atoms with Gasteiger partial charge in [0.2, 0.25) is 5.91 Å². The van der Waals surface area contributed by atoms with Crippen LogP contribution in [0.4, 0.5) is 0 Å². The molecule has 1 aliphatic carbocycles. The topological polar surface area (TPSA) is 64.0 Å². The van der Waals surface area contributed by atoms with Gasteiger partial charge in [-0.3, -0.25) is 9.59 Å². The molecule has 5 heteroatoms. The summed E-state index contributed by atoms with van der Waals surface area (Å²) in [7, 11) is 1.67. The number of amides is 1. The molecule has 0 saturated carbocycles. The SMILES string of the molecule is Cn1nc2c(cc1=O)CC(NC(=O)CC(c1ccccc1)c1ccccc1)CC2. The third-order valence-corrected chi connectivity index (χ3v) is 5.61. The van der Waals surface area contributed by atoms with Crippen molar-refractivity contribution in [2.24, 2.45) is 7.05 Å². The molecule has 1 unspecified atom stereocenters. The van der Waals surface area contributed by atoms with Crippen molar-refractivity contribution in [2.45, 2.75) is 37.6 Å². The molecule has 0 saturated heterocycles. The standard InChI is InChI=1S/C24H25N3O2/c1-27-24(29)15-19-14-20(12-13-22(19)26-27)25-23(28)16-21(17-8-4-2-5-9-17)18-10-6-3-7-11-18/h2-11,15,20-21H,12-14,16H2,1H3,(H,25,28). The fourth-order valence-corrected chi connectivity index (χ4v) is 4.08. The predicted molar refractivity (Wildman–Crippen MR) is 113 cm³/mol. The van der Waals surface area contributed by atoms with Crippen molar-refractivity contribution in [3.63, 3.8) is 0 Å². The van der Waals surface area contributed by atoms with Crippen LogP contribution in [0.3, 0.4) is 0 Å². The first-order chi connectivity index (χ1) is 14.1. The van der Waals surface area contributed by atoms with Crippen LogP contribution in [0.1, 0.15) is 41.1 Å². The molecule has 1 amide bonds. The molecule has 148 valence electrons. The summed E-state index contributed by atoms with van der Waals surface area (Å²) < 4.78 is 1.38. The monoisotopic (exact) mass is 387 g/mol. The van der Waals surface area contributed by atoms with Crippen LogP contribution in [0.2, 0.25) is 0 Å². The molecule has 2 aromatic carbocycles. The quantitative estimate of drug-likeness (QED) is 0.732. The number of aromatic nitrogens is 2. The van der Waals surface area contributed by atoms with Gasteiger partial charge in [0.1, 0.15) is 0 Å². The van der Waals surface area contributed by atoms with E-state index in [0.29, 0.717) is 12.8 Å². The van der Waals surface area contributed by atoms with Gasteiger partial charge in [-0.15, -0.1) is 0 Å². The summed E-state index contributed by atoms with van der Waals surface area (Å²) in [5, 5.41) is 7.53. The molecule has 1 atom stereocenters. The zero-order chi connectivity index (χ0) is 20.2. The van der Waals surface area contributed by atoms with Crippen LogP contribution in [0.25, 0.3) is 0 Å². The number of carbonyl (C=O) groups excluding carboxylic acids is 1. The predicted octanol–water partition coefficient (Wildman–Crippen LogP) is 2.98. The molecule has 3 aromatic rings. The van der Waals surface area contributed by atoms with Crippen LogP contribution in [-0.2, 0) is 24.7 Å². The first-order valence-corrected chi connectivity index (χ1v) is 10.1. The largest absolute Gasteiger partial charge is 0.353 e. The van der Waals surface area contributed by atoms with Crippen molar-refractivity contribution in [3.05, 3.63) is 99.5 Å². The van der Waals surface area contributed by atoms with E-state index in [0.717, 1.165) is 35.2 Å². The van der Waals surface area contributed by atoms with E-state index in [2.05, 4.69) is 34.7 Å². The second-order valence-electron chi connectivity index (χ2n) is 7.66. The number of carbonyl (C=O) groups is 1. The van der Waals surface area contributed by atoms with Gasteiger partial charge < -0.3 is 5.32 Å². The Labute approximate surface area is 170 Å². The fraction of sp³-hybridized carbons (Fsp3) is 0.292. The summed E-state index contributed by atoms with van der Waals surface area (Å²) >= 11 is 0. The molecule has 0 radical (unpaired) electrons. The molecular weight excluding hydrogens is 362 g/mol. The number of nitrogens with zero attached hydrogens (tertiary/aromatic N) is 2. The second kappa shape index (κ2) is 8.43. The van der Waals surface area contributed by atoms with Gasteiger partial charge in [0.15, 0.2) is 0 Å². The summed E-state index contributed by atoms with van der Waals surface area (Å²) in [4.78, 5) is 24.8. The average molecular weight is 387 g/mol. The van der Waals surface area contributed by atoms with E-state index in [-0.39, 0.29) is 23.4 Å². The Morgan fingerprint density at radius 3 is 2.34 bits per heavy atom. The molecule has 1 N–H and O–H groups in total. The first-order valence-electron chi connectivity index (χ1n) is 10.1. The molecular formula is C24H25N3O2. The number of fused-ring (bicyclic) bond motifs is 1. The lowest BCUT2D eigenvalue weighted by Crippen LogP contribution is -2.40. The third-order valence-electron chi connectivity index (χ3n) is 5.61. The average Bonchev–Trinajstić information content (AvgIpc) is 2.74. The van der Waals surface area contributed by atoms with Crippen LogP contribution in [-0.4, -0.2) is 21.7 Å². The molecule has 0 spiro atoms. The van der Waals surface area contributed by atoms with E-state index in [1.54, 1.807) is 13.1 Å². The summed E-state index contributed by atoms with van der Waals surface area (Å²) in [6.45, 7) is 0. The van der Waals surface area contributed by atoms with Gasteiger partial charge in [0, 0.05) is 31.5 Å². The number of nitrogens with one attached hydrogen (secondary N) is 1. The highest BCUT2D eigenvalue weighted by Crippen LogP contribution is 2.28. The summed E-state index contributed by atoms with van der Waals surface area (Å²) in [6.07, 6.45) is 2.66. The van der Waals surface area contributed by atoms with Gasteiger partial charge in [-0.05, 0) is 36.0 Å². The van der Waals surface area contributed by atoms with Crippen molar-refractivity contribution in [3.8, 4) is 0 Å². The molecule has 1 aromatic heterocycles. The maximum Gasteiger partial charge on any atom is 0.266 e. The normalized spacial score (nSPS) is 15.7. The van der Waals surface area contributed by atoms with Crippen LogP contribution >= 0.6 is 0 Å². The van der Waals surface area contributed by atoms with Crippen LogP contribution in [0, 0.1) is 0 Å². The smallest absolute Gasteiger partial charge is 0.266 e. The fourth-order valence-electron chi connectivity index (χ4n) is 4.08. The van der Waals surface area contributed by atoms with E-state index in [4.69, 9.17) is 0 Å². The zero-order valence-electron chi connectivity index (χ0n) is 16.5. The Hall–Kier alpha value is -3.21. The zero-order valence-corrected chi connectivity index (χ0v) is 16.5. The minimum absolute atomic E-state index is 0.0160. The Morgan fingerprint density at radius 2 is 1.72 bits per heavy atom. The highest BCUT2D eigenvalue weighted by molar-refractivity contribution is 5.78. The Kier molecular flexibility index (Phi) is 5.56. The van der Waals surface area contributed by atoms with Crippen molar-refractivity contribution >= 4 is 5.91 Å². The minimum atomic E-state index is -0.107. The minimum Gasteiger partial charge on any atom is -0.353 e. The molecule has 4 rings (SSSR count). The summed E-state index contributed by atoms with van der Waals surface area (Å²) in [5.41, 5.74) is 4.08. The molecule has 0 aliphatic heterocycles. The van der Waals surface area contributed by atoms with Gasteiger partial charge >= 0.3 is 0 Å². The van der Waals surface area contributed by atoms with E-state index in [1.165, 1.54) is 4.68 Å². The van der Waals surface area contributed by atoms with E-state index < -0.39 is 0 Å². The summed E-state index contributed by atoms with van der Waals surface area (Å²) in [6, 6.07) is 22.0.